The normalized spacial score (nSPS) is 27.6. The highest BCUT2D eigenvalue weighted by molar-refractivity contribution is 6.01. The lowest BCUT2D eigenvalue weighted by atomic mass is 9.76. The van der Waals surface area contributed by atoms with Gasteiger partial charge < -0.3 is 24.1 Å². The summed E-state index contributed by atoms with van der Waals surface area (Å²) in [5.74, 6) is -3.51. The predicted octanol–water partition coefficient (Wildman–Crippen LogP) is 2.28. The highest BCUT2D eigenvalue weighted by Crippen LogP contribution is 2.58. The molecule has 0 aliphatic heterocycles. The van der Waals surface area contributed by atoms with Gasteiger partial charge in [-0.15, -0.1) is 0 Å². The van der Waals surface area contributed by atoms with E-state index in [1.165, 1.54) is 0 Å². The molecule has 0 unspecified atom stereocenters. The zero-order chi connectivity index (χ0) is 24.8. The first-order valence-electron chi connectivity index (χ1n) is 12.0. The molecule has 33 heavy (non-hydrogen) atoms. The summed E-state index contributed by atoms with van der Waals surface area (Å²) in [6.45, 7) is 8.89. The van der Waals surface area contributed by atoms with Gasteiger partial charge in [-0.05, 0) is 77.0 Å². The van der Waals surface area contributed by atoms with Crippen molar-refractivity contribution in [1.82, 2.24) is 0 Å². The van der Waals surface area contributed by atoms with E-state index in [1.807, 2.05) is 6.92 Å². The molecule has 0 heterocycles. The summed E-state index contributed by atoms with van der Waals surface area (Å²) in [5.41, 5.74) is -2.95. The molecule has 2 aliphatic rings. The number of rotatable bonds is 10. The molecule has 2 saturated carbocycles. The first-order chi connectivity index (χ1) is 15.7. The highest BCUT2D eigenvalue weighted by Gasteiger charge is 2.63. The van der Waals surface area contributed by atoms with E-state index in [0.717, 1.165) is 0 Å². The van der Waals surface area contributed by atoms with Crippen LogP contribution in [0.1, 0.15) is 60.3 Å². The van der Waals surface area contributed by atoms with E-state index in [2.05, 4.69) is 0 Å². The number of carbonyl (C=O) groups excluding carboxylic acids is 4. The summed E-state index contributed by atoms with van der Waals surface area (Å²) in [7, 11) is 0. The maximum absolute atomic E-state index is 12.9. The van der Waals surface area contributed by atoms with Crippen LogP contribution in [0.25, 0.3) is 0 Å². The van der Waals surface area contributed by atoms with Crippen molar-refractivity contribution in [1.29, 1.82) is 0 Å². The van der Waals surface area contributed by atoms with Gasteiger partial charge in [0.25, 0.3) is 0 Å². The van der Waals surface area contributed by atoms with Crippen LogP contribution in [-0.2, 0) is 38.1 Å². The average molecular weight is 471 g/mol. The van der Waals surface area contributed by atoms with Crippen molar-refractivity contribution in [2.45, 2.75) is 60.3 Å². The molecule has 0 bridgehead atoms. The highest BCUT2D eigenvalue weighted by atomic mass is 16.6. The summed E-state index contributed by atoms with van der Waals surface area (Å²) in [4.78, 5) is 51.8. The van der Waals surface area contributed by atoms with Crippen LogP contribution >= 0.6 is 0 Å². The molecule has 0 radical (unpaired) electrons. The number of aliphatic hydroxyl groups excluding tert-OH is 1. The van der Waals surface area contributed by atoms with Crippen molar-refractivity contribution in [3.05, 3.63) is 0 Å². The van der Waals surface area contributed by atoms with Gasteiger partial charge in [-0.25, -0.2) is 0 Å². The minimum absolute atomic E-state index is 0.0981. The van der Waals surface area contributed by atoms with Crippen molar-refractivity contribution in [3.63, 3.8) is 0 Å². The topological polar surface area (TPSA) is 125 Å². The quantitative estimate of drug-likeness (QED) is 0.291. The van der Waals surface area contributed by atoms with Gasteiger partial charge in [0.2, 0.25) is 0 Å². The lowest BCUT2D eigenvalue weighted by molar-refractivity contribution is -0.174. The zero-order valence-electron chi connectivity index (χ0n) is 20.4. The van der Waals surface area contributed by atoms with Crippen molar-refractivity contribution in [2.75, 3.05) is 33.0 Å². The lowest BCUT2D eigenvalue weighted by Gasteiger charge is -2.29. The van der Waals surface area contributed by atoms with E-state index in [1.54, 1.807) is 27.7 Å². The van der Waals surface area contributed by atoms with Gasteiger partial charge in [0.15, 0.2) is 10.8 Å². The fourth-order valence-corrected chi connectivity index (χ4v) is 5.82. The second kappa shape index (κ2) is 11.3. The lowest BCUT2D eigenvalue weighted by Crippen LogP contribution is -2.41. The summed E-state index contributed by atoms with van der Waals surface area (Å²) in [5, 5.41) is 10.2. The third kappa shape index (κ3) is 5.03. The number of hydrogen-bond acceptors (Lipinski definition) is 9. The zero-order valence-corrected chi connectivity index (χ0v) is 20.4. The first-order valence-corrected chi connectivity index (χ1v) is 12.0. The molecule has 9 nitrogen and oxygen atoms in total. The van der Waals surface area contributed by atoms with Gasteiger partial charge in [-0.2, -0.15) is 0 Å². The smallest absolute Gasteiger partial charge is 0.323 e. The molecule has 1 N–H and O–H groups in total. The van der Waals surface area contributed by atoms with Gasteiger partial charge in [-0.3, -0.25) is 19.2 Å². The minimum atomic E-state index is -1.51. The van der Waals surface area contributed by atoms with Crippen molar-refractivity contribution in [2.24, 2.45) is 34.5 Å². The van der Waals surface area contributed by atoms with Gasteiger partial charge in [0.1, 0.15) is 0 Å². The molecule has 188 valence electrons. The number of carbonyl (C=O) groups is 4. The van der Waals surface area contributed by atoms with Crippen LogP contribution in [-0.4, -0.2) is 62.0 Å². The summed E-state index contributed by atoms with van der Waals surface area (Å²) in [6.07, 6.45) is 0.651. The standard InChI is InChI=1S/C24H38O9/c1-6-30-19(26)23(20(27)31-7-2)10-15(5)17(12-23)18-13-24(11-16(18)14-25,21(28)32-8-3)22(29)33-9-4/h15-18,25H,6-14H2,1-5H3/t15-,16+,17-,18-/m0/s1. The molecule has 9 heteroatoms. The number of esters is 4. The summed E-state index contributed by atoms with van der Waals surface area (Å²) in [6, 6.07) is 0. The predicted molar refractivity (Wildman–Crippen MR) is 117 cm³/mol. The van der Waals surface area contributed by atoms with Crippen LogP contribution in [0.4, 0.5) is 0 Å². The van der Waals surface area contributed by atoms with Gasteiger partial charge in [0.05, 0.1) is 26.4 Å². The fourth-order valence-electron chi connectivity index (χ4n) is 5.82. The Kier molecular flexibility index (Phi) is 9.29. The molecule has 0 amide bonds. The number of ether oxygens (including phenoxy) is 4. The van der Waals surface area contributed by atoms with Gasteiger partial charge in [-0.1, -0.05) is 6.92 Å². The summed E-state index contributed by atoms with van der Waals surface area (Å²) < 4.78 is 21.0. The Morgan fingerprint density at radius 2 is 1.03 bits per heavy atom. The van der Waals surface area contributed by atoms with Crippen molar-refractivity contribution >= 4 is 23.9 Å². The van der Waals surface area contributed by atoms with E-state index < -0.39 is 34.7 Å². The van der Waals surface area contributed by atoms with E-state index in [0.29, 0.717) is 0 Å². The molecule has 0 spiro atoms. The molecular weight excluding hydrogens is 432 g/mol. The fraction of sp³-hybridized carbons (Fsp3) is 0.833. The third-order valence-corrected chi connectivity index (χ3v) is 7.23. The molecule has 2 rings (SSSR count). The Hall–Kier alpha value is -2.16. The Balaban J connectivity index is 2.43. The Morgan fingerprint density at radius 3 is 1.39 bits per heavy atom. The Bertz CT molecular complexity index is 695. The summed E-state index contributed by atoms with van der Waals surface area (Å²) >= 11 is 0. The molecule has 0 aromatic carbocycles. The first kappa shape index (κ1) is 27.1. The SMILES string of the molecule is CCOC(=O)C1(C(=O)OCC)C[C@H](CO)[C@@H]([C@H]2CC(C(=O)OCC)(C(=O)OCC)C[C@@H]2C)C1. The molecule has 0 saturated heterocycles. The second-order valence-electron chi connectivity index (χ2n) is 9.11. The largest absolute Gasteiger partial charge is 0.465 e. The van der Waals surface area contributed by atoms with Crippen LogP contribution in [0.2, 0.25) is 0 Å². The Morgan fingerprint density at radius 1 is 0.667 bits per heavy atom. The van der Waals surface area contributed by atoms with Crippen LogP contribution in [0.5, 0.6) is 0 Å². The van der Waals surface area contributed by atoms with Gasteiger partial charge >= 0.3 is 23.9 Å². The van der Waals surface area contributed by atoms with Crippen LogP contribution < -0.4 is 0 Å². The minimum Gasteiger partial charge on any atom is -0.465 e. The van der Waals surface area contributed by atoms with E-state index in [-0.39, 0.29) is 82.4 Å². The molecule has 0 aromatic rings. The van der Waals surface area contributed by atoms with E-state index in [4.69, 9.17) is 18.9 Å². The molecule has 2 fully saturated rings. The van der Waals surface area contributed by atoms with Crippen LogP contribution in [0.3, 0.4) is 0 Å². The monoisotopic (exact) mass is 470 g/mol. The Labute approximate surface area is 195 Å². The maximum atomic E-state index is 12.9. The van der Waals surface area contributed by atoms with Crippen molar-refractivity contribution in [3.8, 4) is 0 Å². The average Bonchev–Trinajstić information content (AvgIpc) is 3.34. The molecule has 2 aliphatic carbocycles. The number of hydrogen-bond donors (Lipinski definition) is 1. The molecule has 4 atom stereocenters. The van der Waals surface area contributed by atoms with E-state index in [9.17, 15) is 24.3 Å². The second-order valence-corrected chi connectivity index (χ2v) is 9.11. The molecular formula is C24H38O9. The van der Waals surface area contributed by atoms with E-state index >= 15 is 0 Å². The molecule has 0 aromatic heterocycles. The third-order valence-electron chi connectivity index (χ3n) is 7.23. The van der Waals surface area contributed by atoms with Crippen LogP contribution in [0.15, 0.2) is 0 Å². The van der Waals surface area contributed by atoms with Crippen molar-refractivity contribution < 1.29 is 43.2 Å². The number of aliphatic hydroxyl groups is 1. The van der Waals surface area contributed by atoms with Gasteiger partial charge in [0, 0.05) is 6.61 Å². The van der Waals surface area contributed by atoms with Crippen LogP contribution in [0, 0.1) is 34.5 Å². The maximum Gasteiger partial charge on any atom is 0.323 e.